The van der Waals surface area contributed by atoms with Crippen LogP contribution in [-0.4, -0.2) is 16.3 Å². The SMILES string of the molecule is CC(SCc1cc(F)ccc1Cl)C(=O)O. The van der Waals surface area contributed by atoms with Crippen LogP contribution in [0, 0.1) is 5.82 Å². The van der Waals surface area contributed by atoms with Crippen molar-refractivity contribution in [2.45, 2.75) is 17.9 Å². The van der Waals surface area contributed by atoms with Gasteiger partial charge in [-0.3, -0.25) is 4.79 Å². The number of hydrogen-bond acceptors (Lipinski definition) is 2. The van der Waals surface area contributed by atoms with Gasteiger partial charge in [-0.2, -0.15) is 0 Å². The molecule has 82 valence electrons. The second-order valence-electron chi connectivity index (χ2n) is 3.03. The molecule has 0 bridgehead atoms. The largest absolute Gasteiger partial charge is 0.480 e. The molecule has 1 aromatic carbocycles. The van der Waals surface area contributed by atoms with Gasteiger partial charge in [0.2, 0.25) is 0 Å². The number of carboxylic acid groups (broad SMARTS) is 1. The number of thioether (sulfide) groups is 1. The molecule has 15 heavy (non-hydrogen) atoms. The molecule has 0 aliphatic carbocycles. The fourth-order valence-corrected chi connectivity index (χ4v) is 2.01. The van der Waals surface area contributed by atoms with Gasteiger partial charge in [0, 0.05) is 10.8 Å². The van der Waals surface area contributed by atoms with E-state index in [9.17, 15) is 9.18 Å². The average molecular weight is 249 g/mol. The Morgan fingerprint density at radius 1 is 1.67 bits per heavy atom. The molecule has 0 saturated carbocycles. The first-order chi connectivity index (χ1) is 7.00. The number of hydrogen-bond donors (Lipinski definition) is 1. The average Bonchev–Trinajstić information content (AvgIpc) is 2.18. The van der Waals surface area contributed by atoms with Crippen LogP contribution in [0.1, 0.15) is 12.5 Å². The van der Waals surface area contributed by atoms with Gasteiger partial charge in [-0.25, -0.2) is 4.39 Å². The van der Waals surface area contributed by atoms with Gasteiger partial charge < -0.3 is 5.11 Å². The summed E-state index contributed by atoms with van der Waals surface area (Å²) < 4.78 is 12.8. The quantitative estimate of drug-likeness (QED) is 0.889. The molecule has 0 heterocycles. The summed E-state index contributed by atoms with van der Waals surface area (Å²) in [5, 5.41) is 8.59. The molecule has 0 fully saturated rings. The zero-order valence-electron chi connectivity index (χ0n) is 8.04. The predicted molar refractivity (Wildman–Crippen MR) is 59.8 cm³/mol. The highest BCUT2D eigenvalue weighted by molar-refractivity contribution is 7.99. The Hall–Kier alpha value is -0.740. The summed E-state index contributed by atoms with van der Waals surface area (Å²) in [4.78, 5) is 10.5. The Bertz CT molecular complexity index is 370. The van der Waals surface area contributed by atoms with Crippen molar-refractivity contribution in [3.63, 3.8) is 0 Å². The number of carbonyl (C=O) groups is 1. The molecule has 0 aromatic heterocycles. The van der Waals surface area contributed by atoms with E-state index in [4.69, 9.17) is 16.7 Å². The minimum atomic E-state index is -0.882. The fourth-order valence-electron chi connectivity index (χ4n) is 0.940. The van der Waals surface area contributed by atoms with Crippen LogP contribution in [0.3, 0.4) is 0 Å². The van der Waals surface area contributed by atoms with E-state index in [0.717, 1.165) is 0 Å². The van der Waals surface area contributed by atoms with Crippen molar-refractivity contribution in [1.29, 1.82) is 0 Å². The molecule has 0 aliphatic rings. The van der Waals surface area contributed by atoms with E-state index in [1.54, 1.807) is 6.92 Å². The Balaban J connectivity index is 2.65. The summed E-state index contributed by atoms with van der Waals surface area (Å²) in [6, 6.07) is 4.07. The molecule has 1 atom stereocenters. The van der Waals surface area contributed by atoms with Gasteiger partial charge in [0.05, 0.1) is 5.25 Å². The molecule has 1 N–H and O–H groups in total. The first-order valence-corrected chi connectivity index (χ1v) is 5.71. The van der Waals surface area contributed by atoms with Gasteiger partial charge >= 0.3 is 5.97 Å². The summed E-state index contributed by atoms with van der Waals surface area (Å²) in [6.07, 6.45) is 0. The Morgan fingerprint density at radius 2 is 2.33 bits per heavy atom. The second-order valence-corrected chi connectivity index (χ2v) is 4.76. The van der Waals surface area contributed by atoms with Crippen LogP contribution >= 0.6 is 23.4 Å². The van der Waals surface area contributed by atoms with Crippen LogP contribution in [0.25, 0.3) is 0 Å². The molecular formula is C10H10ClFO2S. The number of halogens is 2. The van der Waals surface area contributed by atoms with Gasteiger partial charge in [0.15, 0.2) is 0 Å². The third-order valence-corrected chi connectivity index (χ3v) is 3.39. The van der Waals surface area contributed by atoms with Gasteiger partial charge in [-0.1, -0.05) is 11.6 Å². The fraction of sp³-hybridized carbons (Fsp3) is 0.300. The van der Waals surface area contributed by atoms with Crippen molar-refractivity contribution >= 4 is 29.3 Å². The van der Waals surface area contributed by atoms with Crippen molar-refractivity contribution in [3.8, 4) is 0 Å². The van der Waals surface area contributed by atoms with Crippen molar-refractivity contribution in [2.75, 3.05) is 0 Å². The second kappa shape index (κ2) is 5.37. The highest BCUT2D eigenvalue weighted by atomic mass is 35.5. The number of rotatable bonds is 4. The van der Waals surface area contributed by atoms with Crippen molar-refractivity contribution in [1.82, 2.24) is 0 Å². The van der Waals surface area contributed by atoms with E-state index in [-0.39, 0.29) is 5.82 Å². The lowest BCUT2D eigenvalue weighted by atomic mass is 10.2. The summed E-state index contributed by atoms with van der Waals surface area (Å²) in [5.74, 6) is -0.852. The zero-order valence-corrected chi connectivity index (χ0v) is 9.61. The van der Waals surface area contributed by atoms with Crippen LogP contribution in [0.15, 0.2) is 18.2 Å². The normalized spacial score (nSPS) is 12.5. The standard InChI is InChI=1S/C10H10ClFO2S/c1-6(10(13)14)15-5-7-4-8(12)2-3-9(7)11/h2-4,6H,5H2,1H3,(H,13,14). The van der Waals surface area contributed by atoms with Gasteiger partial charge in [0.1, 0.15) is 5.82 Å². The molecule has 1 aromatic rings. The van der Waals surface area contributed by atoms with Crippen LogP contribution < -0.4 is 0 Å². The summed E-state index contributed by atoms with van der Waals surface area (Å²) >= 11 is 7.04. The lowest BCUT2D eigenvalue weighted by molar-refractivity contribution is -0.136. The zero-order chi connectivity index (χ0) is 11.4. The molecule has 2 nitrogen and oxygen atoms in total. The summed E-state index contributed by atoms with van der Waals surface area (Å²) in [5.41, 5.74) is 0.620. The van der Waals surface area contributed by atoms with E-state index in [0.29, 0.717) is 16.3 Å². The number of aliphatic carboxylic acids is 1. The monoisotopic (exact) mass is 248 g/mol. The topological polar surface area (TPSA) is 37.3 Å². The molecule has 0 spiro atoms. The third-order valence-electron chi connectivity index (χ3n) is 1.84. The predicted octanol–water partition coefficient (Wildman–Crippen LogP) is 3.19. The van der Waals surface area contributed by atoms with Gasteiger partial charge in [-0.15, -0.1) is 11.8 Å². The molecule has 0 radical (unpaired) electrons. The van der Waals surface area contributed by atoms with E-state index in [2.05, 4.69) is 0 Å². The van der Waals surface area contributed by atoms with Gasteiger partial charge in [0.25, 0.3) is 0 Å². The van der Waals surface area contributed by atoms with E-state index in [1.807, 2.05) is 0 Å². The van der Waals surface area contributed by atoms with Crippen molar-refractivity contribution in [3.05, 3.63) is 34.6 Å². The van der Waals surface area contributed by atoms with E-state index in [1.165, 1.54) is 30.0 Å². The Labute approximate surface area is 96.4 Å². The van der Waals surface area contributed by atoms with Gasteiger partial charge in [-0.05, 0) is 30.7 Å². The first-order valence-electron chi connectivity index (χ1n) is 4.29. The van der Waals surface area contributed by atoms with Crippen molar-refractivity contribution < 1.29 is 14.3 Å². The maximum Gasteiger partial charge on any atom is 0.316 e. The molecule has 1 unspecified atom stereocenters. The molecular weight excluding hydrogens is 239 g/mol. The number of benzene rings is 1. The molecule has 0 saturated heterocycles. The minimum absolute atomic E-state index is 0.363. The first kappa shape index (κ1) is 12.3. The maximum atomic E-state index is 12.8. The van der Waals surface area contributed by atoms with Crippen LogP contribution in [0.4, 0.5) is 4.39 Å². The lowest BCUT2D eigenvalue weighted by Crippen LogP contribution is -2.11. The smallest absolute Gasteiger partial charge is 0.316 e. The maximum absolute atomic E-state index is 12.8. The van der Waals surface area contributed by atoms with Crippen LogP contribution in [0.2, 0.25) is 5.02 Å². The van der Waals surface area contributed by atoms with Crippen LogP contribution in [0.5, 0.6) is 0 Å². The Kier molecular flexibility index (Phi) is 4.42. The molecule has 5 heteroatoms. The van der Waals surface area contributed by atoms with E-state index < -0.39 is 11.2 Å². The lowest BCUT2D eigenvalue weighted by Gasteiger charge is -2.07. The summed E-state index contributed by atoms with van der Waals surface area (Å²) in [6.45, 7) is 1.58. The molecule has 0 aliphatic heterocycles. The molecule has 0 amide bonds. The van der Waals surface area contributed by atoms with Crippen LogP contribution in [-0.2, 0) is 10.5 Å². The highest BCUT2D eigenvalue weighted by Crippen LogP contribution is 2.24. The molecule has 1 rings (SSSR count). The third kappa shape index (κ3) is 3.72. The summed E-state index contributed by atoms with van der Waals surface area (Å²) in [7, 11) is 0. The van der Waals surface area contributed by atoms with Crippen molar-refractivity contribution in [2.24, 2.45) is 0 Å². The minimum Gasteiger partial charge on any atom is -0.480 e. The highest BCUT2D eigenvalue weighted by Gasteiger charge is 2.12. The Morgan fingerprint density at radius 3 is 2.93 bits per heavy atom. The van der Waals surface area contributed by atoms with E-state index >= 15 is 0 Å². The number of carboxylic acids is 1.